The maximum Gasteiger partial charge on any atom is 0.0992 e. The van der Waals surface area contributed by atoms with Crippen molar-refractivity contribution in [2.45, 2.75) is 6.04 Å². The molecule has 0 spiro atoms. The first kappa shape index (κ1) is 31.1. The average Bonchev–Trinajstić information content (AvgIpc) is 3.58. The SMILES string of the molecule is N#Cc1ccc2c3cc(-c4ccc(-c5cc6c(c7ccccc57)-c5cc7ccccc7cc5NC6c5ccccc5)cc4)ccc3n(-c3ccccc3)c2c1. The number of para-hydroxylation sites is 1. The number of anilines is 1. The third-order valence-corrected chi connectivity index (χ3v) is 11.4. The number of nitriles is 1. The van der Waals surface area contributed by atoms with E-state index in [1.807, 2.05) is 18.2 Å². The molecule has 55 heavy (non-hydrogen) atoms. The van der Waals surface area contributed by atoms with Gasteiger partial charge >= 0.3 is 0 Å². The summed E-state index contributed by atoms with van der Waals surface area (Å²) in [6.45, 7) is 0. The van der Waals surface area contributed by atoms with Gasteiger partial charge in [-0.05, 0) is 115 Å². The highest BCUT2D eigenvalue weighted by molar-refractivity contribution is 6.12. The van der Waals surface area contributed by atoms with E-state index in [9.17, 15) is 5.26 Å². The summed E-state index contributed by atoms with van der Waals surface area (Å²) in [5.41, 5.74) is 14.8. The van der Waals surface area contributed by atoms with E-state index in [-0.39, 0.29) is 6.04 Å². The summed E-state index contributed by atoms with van der Waals surface area (Å²) >= 11 is 0. The minimum Gasteiger partial charge on any atom is -0.374 e. The van der Waals surface area contributed by atoms with E-state index in [1.54, 1.807) is 0 Å². The Morgan fingerprint density at radius 1 is 0.473 bits per heavy atom. The molecule has 0 aliphatic carbocycles. The summed E-state index contributed by atoms with van der Waals surface area (Å²) in [4.78, 5) is 0. The zero-order valence-corrected chi connectivity index (χ0v) is 29.9. The molecule has 3 nitrogen and oxygen atoms in total. The first-order valence-electron chi connectivity index (χ1n) is 18.8. The van der Waals surface area contributed by atoms with Crippen LogP contribution in [0.3, 0.4) is 0 Å². The molecule has 9 aromatic carbocycles. The fraction of sp³-hybridized carbons (Fsp3) is 0.0192. The molecule has 1 N–H and O–H groups in total. The highest BCUT2D eigenvalue weighted by Crippen LogP contribution is 2.50. The first-order chi connectivity index (χ1) is 27.2. The first-order valence-corrected chi connectivity index (χ1v) is 18.8. The second-order valence-corrected chi connectivity index (χ2v) is 14.5. The quantitative estimate of drug-likeness (QED) is 0.199. The van der Waals surface area contributed by atoms with Gasteiger partial charge in [-0.15, -0.1) is 0 Å². The summed E-state index contributed by atoms with van der Waals surface area (Å²) < 4.78 is 2.26. The van der Waals surface area contributed by atoms with Crippen LogP contribution in [0.2, 0.25) is 0 Å². The van der Waals surface area contributed by atoms with Gasteiger partial charge in [0.2, 0.25) is 0 Å². The minimum absolute atomic E-state index is 0.00136. The van der Waals surface area contributed by atoms with Crippen LogP contribution in [-0.2, 0) is 0 Å². The highest BCUT2D eigenvalue weighted by atomic mass is 15.0. The van der Waals surface area contributed by atoms with Crippen molar-refractivity contribution in [1.82, 2.24) is 4.57 Å². The molecule has 10 aromatic rings. The Kier molecular flexibility index (Phi) is 6.99. The van der Waals surface area contributed by atoms with Gasteiger partial charge in [-0.25, -0.2) is 0 Å². The van der Waals surface area contributed by atoms with Crippen molar-refractivity contribution in [3.05, 3.63) is 205 Å². The van der Waals surface area contributed by atoms with E-state index >= 15 is 0 Å². The van der Waals surface area contributed by atoms with E-state index in [4.69, 9.17) is 0 Å². The molecule has 1 aliphatic heterocycles. The van der Waals surface area contributed by atoms with Crippen molar-refractivity contribution >= 4 is 49.0 Å². The Labute approximate surface area is 319 Å². The summed E-state index contributed by atoms with van der Waals surface area (Å²) in [7, 11) is 0. The van der Waals surface area contributed by atoms with Gasteiger partial charge in [0.25, 0.3) is 0 Å². The van der Waals surface area contributed by atoms with Crippen molar-refractivity contribution in [3.8, 4) is 45.1 Å². The number of benzene rings is 9. The maximum atomic E-state index is 9.72. The van der Waals surface area contributed by atoms with E-state index < -0.39 is 0 Å². The van der Waals surface area contributed by atoms with Crippen LogP contribution in [0.4, 0.5) is 5.69 Å². The van der Waals surface area contributed by atoms with Crippen LogP contribution in [0.1, 0.15) is 22.7 Å². The number of aromatic nitrogens is 1. The minimum atomic E-state index is 0.00136. The van der Waals surface area contributed by atoms with Gasteiger partial charge in [0.05, 0.1) is 28.7 Å². The number of fused-ring (bicyclic) bond motifs is 9. The van der Waals surface area contributed by atoms with Crippen LogP contribution in [0, 0.1) is 11.3 Å². The standard InChI is InChI=1S/C52H33N3/c53-32-33-19-25-42-45-28-39(24-26-49(45)55(50(42)27-33)40-15-5-2-6-16-40)34-20-22-35(23-21-34)44-31-47-51(43-18-10-9-17-41(43)44)46-29-37-13-7-8-14-38(37)30-48(46)54-52(47)36-11-3-1-4-12-36/h1-31,52,54H. The Hall–Kier alpha value is -7.41. The lowest BCUT2D eigenvalue weighted by Gasteiger charge is -2.32. The number of hydrogen-bond donors (Lipinski definition) is 1. The molecule has 0 saturated heterocycles. The normalized spacial score (nSPS) is 13.4. The van der Waals surface area contributed by atoms with Crippen LogP contribution in [0.25, 0.3) is 82.4 Å². The maximum absolute atomic E-state index is 9.72. The number of rotatable bonds is 4. The third-order valence-electron chi connectivity index (χ3n) is 11.4. The van der Waals surface area contributed by atoms with E-state index in [1.165, 1.54) is 54.9 Å². The van der Waals surface area contributed by atoms with Crippen LogP contribution >= 0.6 is 0 Å². The van der Waals surface area contributed by atoms with Crippen LogP contribution < -0.4 is 5.32 Å². The second kappa shape index (κ2) is 12.3. The summed E-state index contributed by atoms with van der Waals surface area (Å²) in [5, 5.41) is 21.0. The second-order valence-electron chi connectivity index (χ2n) is 14.5. The van der Waals surface area contributed by atoms with E-state index in [0.717, 1.165) is 44.3 Å². The van der Waals surface area contributed by atoms with Gasteiger partial charge in [-0.2, -0.15) is 5.26 Å². The molecule has 2 heterocycles. The third kappa shape index (κ3) is 4.97. The highest BCUT2D eigenvalue weighted by Gasteiger charge is 2.29. The summed E-state index contributed by atoms with van der Waals surface area (Å²) in [6.07, 6.45) is 0. The molecular formula is C52H33N3. The number of nitrogens with one attached hydrogen (secondary N) is 1. The van der Waals surface area contributed by atoms with E-state index in [2.05, 4.69) is 186 Å². The lowest BCUT2D eigenvalue weighted by molar-refractivity contribution is 0.933. The van der Waals surface area contributed by atoms with Crippen molar-refractivity contribution in [2.24, 2.45) is 0 Å². The zero-order valence-electron chi connectivity index (χ0n) is 29.9. The Bertz CT molecular complexity index is 3170. The van der Waals surface area contributed by atoms with Gasteiger partial charge in [-0.3, -0.25) is 0 Å². The lowest BCUT2D eigenvalue weighted by Crippen LogP contribution is -2.18. The molecule has 1 aliphatic rings. The predicted octanol–water partition coefficient (Wildman–Crippen LogP) is 13.5. The zero-order chi connectivity index (χ0) is 36.5. The van der Waals surface area contributed by atoms with Crippen molar-refractivity contribution in [3.63, 3.8) is 0 Å². The van der Waals surface area contributed by atoms with E-state index in [0.29, 0.717) is 5.56 Å². The lowest BCUT2D eigenvalue weighted by atomic mass is 9.80. The Balaban J connectivity index is 1.06. The smallest absolute Gasteiger partial charge is 0.0992 e. The van der Waals surface area contributed by atoms with Crippen LogP contribution in [-0.4, -0.2) is 4.57 Å². The number of nitrogens with zero attached hydrogens (tertiary/aromatic N) is 2. The van der Waals surface area contributed by atoms with Gasteiger partial charge in [0.1, 0.15) is 0 Å². The van der Waals surface area contributed by atoms with Crippen molar-refractivity contribution in [1.29, 1.82) is 5.26 Å². The largest absolute Gasteiger partial charge is 0.374 e. The predicted molar refractivity (Wildman–Crippen MR) is 229 cm³/mol. The monoisotopic (exact) mass is 699 g/mol. The molecule has 11 rings (SSSR count). The molecule has 0 bridgehead atoms. The molecule has 256 valence electrons. The van der Waals surface area contributed by atoms with Gasteiger partial charge in [0.15, 0.2) is 0 Å². The fourth-order valence-electron chi connectivity index (χ4n) is 8.84. The number of hydrogen-bond acceptors (Lipinski definition) is 2. The summed E-state index contributed by atoms with van der Waals surface area (Å²) in [5.74, 6) is 0. The van der Waals surface area contributed by atoms with Crippen LogP contribution in [0.5, 0.6) is 0 Å². The molecule has 0 saturated carbocycles. The van der Waals surface area contributed by atoms with Gasteiger partial charge < -0.3 is 9.88 Å². The van der Waals surface area contributed by atoms with Crippen molar-refractivity contribution < 1.29 is 0 Å². The molecule has 0 amide bonds. The molecule has 3 heteroatoms. The van der Waals surface area contributed by atoms with Gasteiger partial charge in [0, 0.05) is 27.7 Å². The Morgan fingerprint density at radius 3 is 1.93 bits per heavy atom. The van der Waals surface area contributed by atoms with Gasteiger partial charge in [-0.1, -0.05) is 133 Å². The van der Waals surface area contributed by atoms with Crippen molar-refractivity contribution in [2.75, 3.05) is 5.32 Å². The fourth-order valence-corrected chi connectivity index (χ4v) is 8.84. The van der Waals surface area contributed by atoms with Crippen LogP contribution in [0.15, 0.2) is 188 Å². The topological polar surface area (TPSA) is 40.8 Å². The molecule has 1 unspecified atom stereocenters. The molecule has 0 fully saturated rings. The molecular weight excluding hydrogens is 667 g/mol. The average molecular weight is 700 g/mol. The summed E-state index contributed by atoms with van der Waals surface area (Å²) in [6, 6.07) is 69.9. The molecule has 1 aromatic heterocycles. The molecule has 0 radical (unpaired) electrons. The molecule has 1 atom stereocenters. The Morgan fingerprint density at radius 2 is 1.15 bits per heavy atom.